The number of nitrogens with zero attached hydrogens (tertiary/aromatic N) is 1. The number of allylic oxidation sites excluding steroid dienone is 22. The molecule has 0 aromatic rings. The second-order valence-electron chi connectivity index (χ2n) is 25.6. The SMILES string of the molecule is CC/C=C\C/C=C\C/C=C\C/C=C\C/C=C\C/C=C\C/C=C\C/C=C\C/C=C\C/C=C\CCCCCCC(=O)OC(COC(=O)CCCCCCCCCCCCCCCCCCCCC/C=C\CCCCCCCCCC)COP(=O)([O-])OCC[N+](C)(C)C. The molecule has 0 aromatic carbocycles. The normalized spacial score (nSPS) is 13.9. The molecule has 0 heterocycles. The monoisotopic (exact) mass is 1270 g/mol. The zero-order valence-electron chi connectivity index (χ0n) is 58.8. The second-order valence-corrected chi connectivity index (χ2v) is 27.0. The lowest BCUT2D eigenvalue weighted by Crippen LogP contribution is -2.37. The fraction of sp³-hybridized carbons (Fsp3) is 0.700. The van der Waals surface area contributed by atoms with Crippen LogP contribution in [-0.2, 0) is 32.7 Å². The average Bonchev–Trinajstić information content (AvgIpc) is 3.61. The van der Waals surface area contributed by atoms with E-state index in [1.54, 1.807) is 0 Å². The first-order valence-corrected chi connectivity index (χ1v) is 38.4. The summed E-state index contributed by atoms with van der Waals surface area (Å²) >= 11 is 0. The molecule has 0 saturated heterocycles. The molecule has 0 aliphatic carbocycles. The van der Waals surface area contributed by atoms with E-state index >= 15 is 0 Å². The maximum atomic E-state index is 12.9. The molecular formula is C80H138NO8P. The fourth-order valence-electron chi connectivity index (χ4n) is 10.0. The maximum absolute atomic E-state index is 12.9. The molecule has 0 aliphatic heterocycles. The average molecular weight is 1270 g/mol. The summed E-state index contributed by atoms with van der Waals surface area (Å²) in [5, 5.41) is 0. The van der Waals surface area contributed by atoms with E-state index in [1.807, 2.05) is 21.1 Å². The van der Waals surface area contributed by atoms with Crippen molar-refractivity contribution in [1.29, 1.82) is 0 Å². The number of hydrogen-bond donors (Lipinski definition) is 0. The number of phosphoric ester groups is 1. The summed E-state index contributed by atoms with van der Waals surface area (Å²) in [7, 11) is 1.14. The van der Waals surface area contributed by atoms with Crippen molar-refractivity contribution in [2.45, 2.75) is 315 Å². The van der Waals surface area contributed by atoms with Crippen molar-refractivity contribution in [3.05, 3.63) is 134 Å². The molecule has 2 unspecified atom stereocenters. The molecule has 90 heavy (non-hydrogen) atoms. The summed E-state index contributed by atoms with van der Waals surface area (Å²) in [6.45, 7) is 4.11. The zero-order chi connectivity index (χ0) is 65.5. The zero-order valence-corrected chi connectivity index (χ0v) is 59.7. The molecule has 0 bridgehead atoms. The van der Waals surface area contributed by atoms with E-state index in [0.29, 0.717) is 17.4 Å². The van der Waals surface area contributed by atoms with Gasteiger partial charge in [-0.3, -0.25) is 14.2 Å². The van der Waals surface area contributed by atoms with Crippen LogP contribution in [0.4, 0.5) is 0 Å². The molecule has 0 rings (SSSR count). The van der Waals surface area contributed by atoms with Crippen molar-refractivity contribution in [2.75, 3.05) is 47.5 Å². The van der Waals surface area contributed by atoms with Crippen LogP contribution >= 0.6 is 7.82 Å². The number of quaternary nitrogens is 1. The van der Waals surface area contributed by atoms with E-state index in [2.05, 4.69) is 148 Å². The van der Waals surface area contributed by atoms with Gasteiger partial charge < -0.3 is 27.9 Å². The van der Waals surface area contributed by atoms with Gasteiger partial charge in [0.15, 0.2) is 6.10 Å². The summed E-state index contributed by atoms with van der Waals surface area (Å²) in [5.74, 6) is -0.861. The maximum Gasteiger partial charge on any atom is 0.306 e. The molecule has 2 atom stereocenters. The lowest BCUT2D eigenvalue weighted by molar-refractivity contribution is -0.870. The van der Waals surface area contributed by atoms with Gasteiger partial charge in [-0.05, 0) is 116 Å². The van der Waals surface area contributed by atoms with E-state index in [0.717, 1.165) is 109 Å². The minimum absolute atomic E-state index is 0.0418. The quantitative estimate of drug-likeness (QED) is 0.0195. The summed E-state index contributed by atoms with van der Waals surface area (Å²) in [5.41, 5.74) is 0. The van der Waals surface area contributed by atoms with E-state index in [4.69, 9.17) is 18.5 Å². The van der Waals surface area contributed by atoms with E-state index in [1.165, 1.54) is 167 Å². The largest absolute Gasteiger partial charge is 0.756 e. The molecule has 516 valence electrons. The number of carbonyl (C=O) groups is 2. The molecule has 0 radical (unpaired) electrons. The molecule has 0 fully saturated rings. The topological polar surface area (TPSA) is 111 Å². The van der Waals surface area contributed by atoms with Crippen LogP contribution in [-0.4, -0.2) is 70.0 Å². The molecule has 0 N–H and O–H groups in total. The van der Waals surface area contributed by atoms with Gasteiger partial charge in [0.1, 0.15) is 19.8 Å². The van der Waals surface area contributed by atoms with Crippen molar-refractivity contribution >= 4 is 19.8 Å². The van der Waals surface area contributed by atoms with Crippen LogP contribution in [0.3, 0.4) is 0 Å². The highest BCUT2D eigenvalue weighted by molar-refractivity contribution is 7.45. The Kier molecular flexibility index (Phi) is 66.5. The summed E-state index contributed by atoms with van der Waals surface area (Å²) < 4.78 is 34.3. The highest BCUT2D eigenvalue weighted by Crippen LogP contribution is 2.38. The number of hydrogen-bond acceptors (Lipinski definition) is 8. The van der Waals surface area contributed by atoms with Gasteiger partial charge in [-0.1, -0.05) is 314 Å². The fourth-order valence-corrected chi connectivity index (χ4v) is 10.8. The third-order valence-corrected chi connectivity index (χ3v) is 16.6. The predicted octanol–water partition coefficient (Wildman–Crippen LogP) is 23.8. The smallest absolute Gasteiger partial charge is 0.306 e. The Balaban J connectivity index is 4.12. The lowest BCUT2D eigenvalue weighted by atomic mass is 10.0. The Hall–Kier alpha value is -3.85. The number of carbonyl (C=O) groups excluding carboxylic acids is 2. The van der Waals surface area contributed by atoms with Gasteiger partial charge in [-0.15, -0.1) is 0 Å². The van der Waals surface area contributed by atoms with Crippen LogP contribution < -0.4 is 4.89 Å². The first-order chi connectivity index (χ1) is 44.0. The molecule has 0 spiro atoms. The van der Waals surface area contributed by atoms with Crippen LogP contribution in [0.5, 0.6) is 0 Å². The summed E-state index contributed by atoms with van der Waals surface area (Å²) in [6, 6.07) is 0. The molecular weight excluding hydrogens is 1130 g/mol. The molecule has 0 saturated carbocycles. The standard InChI is InChI=1S/C80H138NO8P/c1-6-8-10-12-14-16-18-20-22-24-26-28-30-32-34-36-38-39-40-41-43-45-47-49-51-53-55-57-59-61-63-65-67-69-71-73-80(83)89-78(77-88-90(84,85)87-75-74-81(3,4)5)76-86-79(82)72-70-68-66-64-62-60-58-56-54-52-50-48-46-44-42-37-35-33-31-29-27-25-23-21-19-17-15-13-11-9-7-2/h8,10,14,16,20,22,25-28,32,34,38-39,41,43,47,49,53,55,59,61,78H,6-7,9,11-13,15,17-19,21,23-24,29-31,33,35-37,40,42,44-46,48,50-52,54,56-58,60,62-77H2,1-5H3/b10-8-,16-14-,22-20-,27-25-,28-26-,34-32-,39-38-,43-41-,49-47-,55-53-,61-59-. The highest BCUT2D eigenvalue weighted by atomic mass is 31.2. The van der Waals surface area contributed by atoms with Crippen molar-refractivity contribution in [1.82, 2.24) is 0 Å². The van der Waals surface area contributed by atoms with Gasteiger partial charge in [0.05, 0.1) is 27.7 Å². The molecule has 0 aliphatic rings. The summed E-state index contributed by atoms with van der Waals surface area (Å²) in [4.78, 5) is 38.1. The minimum Gasteiger partial charge on any atom is -0.756 e. The second kappa shape index (κ2) is 69.5. The van der Waals surface area contributed by atoms with Crippen molar-refractivity contribution < 1.29 is 42.1 Å². The molecule has 9 nitrogen and oxygen atoms in total. The molecule has 0 amide bonds. The van der Waals surface area contributed by atoms with Gasteiger partial charge in [-0.2, -0.15) is 0 Å². The van der Waals surface area contributed by atoms with Crippen LogP contribution in [0.2, 0.25) is 0 Å². The Bertz CT molecular complexity index is 1980. The van der Waals surface area contributed by atoms with Gasteiger partial charge >= 0.3 is 11.9 Å². The van der Waals surface area contributed by atoms with E-state index in [-0.39, 0.29) is 32.0 Å². The highest BCUT2D eigenvalue weighted by Gasteiger charge is 2.22. The number of rotatable bonds is 67. The van der Waals surface area contributed by atoms with Crippen LogP contribution in [0.15, 0.2) is 134 Å². The third kappa shape index (κ3) is 73.2. The van der Waals surface area contributed by atoms with Crippen LogP contribution in [0.1, 0.15) is 309 Å². The predicted molar refractivity (Wildman–Crippen MR) is 388 cm³/mol. The molecule has 10 heteroatoms. The van der Waals surface area contributed by atoms with Crippen molar-refractivity contribution in [3.8, 4) is 0 Å². The van der Waals surface area contributed by atoms with E-state index in [9.17, 15) is 19.0 Å². The Morgan fingerprint density at radius 1 is 0.356 bits per heavy atom. The molecule has 0 aromatic heterocycles. The van der Waals surface area contributed by atoms with Gasteiger partial charge in [0.2, 0.25) is 0 Å². The lowest BCUT2D eigenvalue weighted by Gasteiger charge is -2.28. The minimum atomic E-state index is -4.66. The third-order valence-electron chi connectivity index (χ3n) is 15.7. The summed E-state index contributed by atoms with van der Waals surface area (Å²) in [6.07, 6.45) is 101. The van der Waals surface area contributed by atoms with Crippen molar-refractivity contribution in [3.63, 3.8) is 0 Å². The van der Waals surface area contributed by atoms with Crippen LogP contribution in [0, 0.1) is 0 Å². The first-order valence-electron chi connectivity index (χ1n) is 36.9. The number of unbranched alkanes of at least 4 members (excludes halogenated alkanes) is 31. The Labute approximate surface area is 555 Å². The van der Waals surface area contributed by atoms with Crippen LogP contribution in [0.25, 0.3) is 0 Å². The Morgan fingerprint density at radius 2 is 0.633 bits per heavy atom. The Morgan fingerprint density at radius 3 is 0.956 bits per heavy atom. The van der Waals surface area contributed by atoms with Gasteiger partial charge in [0.25, 0.3) is 7.82 Å². The number of esters is 2. The first kappa shape index (κ1) is 86.2. The van der Waals surface area contributed by atoms with Gasteiger partial charge in [0, 0.05) is 12.8 Å². The number of ether oxygens (including phenoxy) is 2. The van der Waals surface area contributed by atoms with Gasteiger partial charge in [-0.25, -0.2) is 0 Å². The number of likely N-dealkylation sites (N-methyl/N-ethyl adjacent to an activating group) is 1. The van der Waals surface area contributed by atoms with E-state index < -0.39 is 26.5 Å². The van der Waals surface area contributed by atoms with Crippen molar-refractivity contribution in [2.24, 2.45) is 0 Å². The number of phosphoric acid groups is 1.